The van der Waals surface area contributed by atoms with Crippen molar-refractivity contribution in [3.05, 3.63) is 29.3 Å². The SMILES string of the molecule is Cl.Cl.Clc1cccc(N2CCN(CCCN3CC[C@H]4CNC[C@H]43)CC2)c1. The van der Waals surface area contributed by atoms with E-state index in [0.717, 1.165) is 30.1 Å². The van der Waals surface area contributed by atoms with Crippen LogP contribution in [-0.2, 0) is 0 Å². The predicted molar refractivity (Wildman–Crippen MR) is 116 cm³/mol. The van der Waals surface area contributed by atoms with Crippen molar-refractivity contribution in [2.75, 3.05) is 63.8 Å². The van der Waals surface area contributed by atoms with E-state index < -0.39 is 0 Å². The Hall–Kier alpha value is -0.230. The monoisotopic (exact) mass is 420 g/mol. The summed E-state index contributed by atoms with van der Waals surface area (Å²) in [6.07, 6.45) is 2.70. The minimum absolute atomic E-state index is 0. The van der Waals surface area contributed by atoms with Gasteiger partial charge in [0.2, 0.25) is 0 Å². The average Bonchev–Trinajstić information content (AvgIpc) is 3.20. The molecule has 1 aromatic carbocycles. The second-order valence-corrected chi connectivity index (χ2v) is 7.91. The molecule has 4 nitrogen and oxygen atoms in total. The van der Waals surface area contributed by atoms with Crippen molar-refractivity contribution in [3.63, 3.8) is 0 Å². The zero-order chi connectivity index (χ0) is 16.4. The van der Waals surface area contributed by atoms with E-state index in [4.69, 9.17) is 11.6 Å². The fourth-order valence-electron chi connectivity index (χ4n) is 4.62. The predicted octanol–water partition coefficient (Wildman–Crippen LogP) is 2.99. The third kappa shape index (κ3) is 5.18. The maximum atomic E-state index is 6.12. The Morgan fingerprint density at radius 2 is 1.81 bits per heavy atom. The lowest BCUT2D eigenvalue weighted by Crippen LogP contribution is -2.47. The van der Waals surface area contributed by atoms with E-state index in [1.165, 1.54) is 64.3 Å². The molecule has 0 unspecified atom stereocenters. The summed E-state index contributed by atoms with van der Waals surface area (Å²) in [5, 5.41) is 4.38. The zero-order valence-corrected chi connectivity index (χ0v) is 17.7. The molecule has 3 aliphatic heterocycles. The molecule has 4 rings (SSSR count). The molecular formula is C19H31Cl3N4. The summed E-state index contributed by atoms with van der Waals surface area (Å²) in [6.45, 7) is 10.8. The largest absolute Gasteiger partial charge is 0.369 e. The van der Waals surface area contributed by atoms with Crippen molar-refractivity contribution in [1.29, 1.82) is 0 Å². The number of nitrogens with zero attached hydrogens (tertiary/aromatic N) is 3. The number of anilines is 1. The molecule has 1 N–H and O–H groups in total. The van der Waals surface area contributed by atoms with Gasteiger partial charge in [-0.2, -0.15) is 0 Å². The first-order valence-electron chi connectivity index (χ1n) is 9.47. The van der Waals surface area contributed by atoms with Gasteiger partial charge in [0.15, 0.2) is 0 Å². The molecule has 3 aliphatic rings. The molecule has 0 radical (unpaired) electrons. The molecule has 2 atom stereocenters. The van der Waals surface area contributed by atoms with Crippen LogP contribution in [-0.4, -0.2) is 74.7 Å². The van der Waals surface area contributed by atoms with Gasteiger partial charge in [0, 0.05) is 49.5 Å². The lowest BCUT2D eigenvalue weighted by atomic mass is 10.1. The molecule has 26 heavy (non-hydrogen) atoms. The van der Waals surface area contributed by atoms with Gasteiger partial charge in [-0.15, -0.1) is 24.8 Å². The summed E-state index contributed by atoms with van der Waals surface area (Å²) in [7, 11) is 0. The highest BCUT2D eigenvalue weighted by Gasteiger charge is 2.36. The summed E-state index contributed by atoms with van der Waals surface area (Å²) in [4.78, 5) is 7.81. The van der Waals surface area contributed by atoms with Crippen LogP contribution in [0.4, 0.5) is 5.69 Å². The van der Waals surface area contributed by atoms with E-state index in [2.05, 4.69) is 32.1 Å². The standard InChI is InChI=1S/C19H29ClN4.2ClH/c20-17-3-1-4-18(13-17)23-11-9-22(10-12-23)6-2-7-24-8-5-16-14-21-15-19(16)24;;/h1,3-4,13,16,19,21H,2,5-12,14-15H2;2*1H/t16-,19+;;/m0../s1. The lowest BCUT2D eigenvalue weighted by Gasteiger charge is -2.36. The van der Waals surface area contributed by atoms with Gasteiger partial charge in [-0.25, -0.2) is 0 Å². The fourth-order valence-corrected chi connectivity index (χ4v) is 4.80. The molecule has 0 spiro atoms. The Kier molecular flexibility index (Phi) is 8.78. The number of benzene rings is 1. The second-order valence-electron chi connectivity index (χ2n) is 7.47. The molecule has 3 heterocycles. The van der Waals surface area contributed by atoms with E-state index in [-0.39, 0.29) is 24.8 Å². The lowest BCUT2D eigenvalue weighted by molar-refractivity contribution is 0.209. The van der Waals surface area contributed by atoms with Gasteiger partial charge >= 0.3 is 0 Å². The Bertz CT molecular complexity index is 551. The number of fused-ring (bicyclic) bond motifs is 1. The van der Waals surface area contributed by atoms with Gasteiger partial charge in [0.1, 0.15) is 0 Å². The second kappa shape index (κ2) is 10.4. The van der Waals surface area contributed by atoms with E-state index in [0.29, 0.717) is 0 Å². The number of likely N-dealkylation sites (tertiary alicyclic amines) is 1. The van der Waals surface area contributed by atoms with Gasteiger partial charge in [-0.1, -0.05) is 17.7 Å². The first-order valence-corrected chi connectivity index (χ1v) is 9.85. The summed E-state index contributed by atoms with van der Waals surface area (Å²) in [5.41, 5.74) is 1.26. The number of nitrogens with one attached hydrogen (secondary N) is 1. The Morgan fingerprint density at radius 3 is 2.58 bits per heavy atom. The van der Waals surface area contributed by atoms with Crippen LogP contribution in [0.3, 0.4) is 0 Å². The van der Waals surface area contributed by atoms with Crippen molar-refractivity contribution in [1.82, 2.24) is 15.1 Å². The van der Waals surface area contributed by atoms with E-state index in [1.807, 2.05) is 12.1 Å². The van der Waals surface area contributed by atoms with Crippen LogP contribution in [0.1, 0.15) is 12.8 Å². The highest BCUT2D eigenvalue weighted by Crippen LogP contribution is 2.27. The first-order chi connectivity index (χ1) is 11.8. The van der Waals surface area contributed by atoms with Gasteiger partial charge < -0.3 is 10.2 Å². The molecule has 0 amide bonds. The Labute approximate surface area is 175 Å². The van der Waals surface area contributed by atoms with Crippen LogP contribution in [0.25, 0.3) is 0 Å². The van der Waals surface area contributed by atoms with Crippen molar-refractivity contribution in [2.24, 2.45) is 5.92 Å². The normalized spacial score (nSPS) is 26.3. The van der Waals surface area contributed by atoms with E-state index in [9.17, 15) is 0 Å². The first kappa shape index (κ1) is 22.1. The zero-order valence-electron chi connectivity index (χ0n) is 15.3. The number of piperazine rings is 1. The summed E-state index contributed by atoms with van der Waals surface area (Å²) < 4.78 is 0. The van der Waals surface area contributed by atoms with Crippen LogP contribution in [0.15, 0.2) is 24.3 Å². The van der Waals surface area contributed by atoms with Crippen LogP contribution >= 0.6 is 36.4 Å². The third-order valence-electron chi connectivity index (χ3n) is 6.03. The van der Waals surface area contributed by atoms with Gasteiger partial charge in [0.05, 0.1) is 0 Å². The smallest absolute Gasteiger partial charge is 0.0426 e. The van der Waals surface area contributed by atoms with E-state index in [1.54, 1.807) is 0 Å². The van der Waals surface area contributed by atoms with Crippen LogP contribution < -0.4 is 10.2 Å². The third-order valence-corrected chi connectivity index (χ3v) is 6.26. The molecule has 1 aromatic rings. The Balaban J connectivity index is 0.00000121. The quantitative estimate of drug-likeness (QED) is 0.789. The number of hydrogen-bond acceptors (Lipinski definition) is 4. The minimum Gasteiger partial charge on any atom is -0.369 e. The number of hydrogen-bond donors (Lipinski definition) is 1. The van der Waals surface area contributed by atoms with Crippen molar-refractivity contribution in [3.8, 4) is 0 Å². The van der Waals surface area contributed by atoms with Crippen molar-refractivity contribution in [2.45, 2.75) is 18.9 Å². The molecule has 7 heteroatoms. The molecule has 3 saturated heterocycles. The molecule has 148 valence electrons. The van der Waals surface area contributed by atoms with Crippen molar-refractivity contribution >= 4 is 42.1 Å². The van der Waals surface area contributed by atoms with Crippen LogP contribution in [0.5, 0.6) is 0 Å². The van der Waals surface area contributed by atoms with E-state index >= 15 is 0 Å². The topological polar surface area (TPSA) is 21.8 Å². The number of halogens is 3. The maximum Gasteiger partial charge on any atom is 0.0426 e. The summed E-state index contributed by atoms with van der Waals surface area (Å²) >= 11 is 6.12. The summed E-state index contributed by atoms with van der Waals surface area (Å²) in [6, 6.07) is 9.07. The molecule has 0 aliphatic carbocycles. The van der Waals surface area contributed by atoms with Gasteiger partial charge in [-0.05, 0) is 63.1 Å². The minimum atomic E-state index is 0. The average molecular weight is 422 g/mol. The van der Waals surface area contributed by atoms with Gasteiger partial charge in [-0.3, -0.25) is 9.80 Å². The van der Waals surface area contributed by atoms with Crippen LogP contribution in [0.2, 0.25) is 5.02 Å². The fraction of sp³-hybridized carbons (Fsp3) is 0.684. The summed E-state index contributed by atoms with van der Waals surface area (Å²) in [5.74, 6) is 0.922. The van der Waals surface area contributed by atoms with Crippen molar-refractivity contribution < 1.29 is 0 Å². The molecular weight excluding hydrogens is 391 g/mol. The number of rotatable bonds is 5. The molecule has 0 saturated carbocycles. The van der Waals surface area contributed by atoms with Gasteiger partial charge in [0.25, 0.3) is 0 Å². The highest BCUT2D eigenvalue weighted by atomic mass is 35.5. The molecule has 0 bridgehead atoms. The van der Waals surface area contributed by atoms with Crippen LogP contribution in [0, 0.1) is 5.92 Å². The molecule has 0 aromatic heterocycles. The molecule has 3 fully saturated rings. The highest BCUT2D eigenvalue weighted by molar-refractivity contribution is 6.30. The maximum absolute atomic E-state index is 6.12. The Morgan fingerprint density at radius 1 is 1.00 bits per heavy atom.